The molecular weight excluding hydrogens is 210 g/mol. The van der Waals surface area contributed by atoms with E-state index in [1.54, 1.807) is 0 Å². The number of likely N-dealkylation sites (tertiary alicyclic amines) is 1. The van der Waals surface area contributed by atoms with Crippen molar-refractivity contribution in [2.24, 2.45) is 5.92 Å². The molecule has 1 heterocycles. The van der Waals surface area contributed by atoms with Crippen LogP contribution in [-0.4, -0.2) is 28.2 Å². The molecule has 1 aromatic rings. The summed E-state index contributed by atoms with van der Waals surface area (Å²) in [5.74, 6) is 0.471. The van der Waals surface area contributed by atoms with E-state index < -0.39 is 5.60 Å². The fourth-order valence-electron chi connectivity index (χ4n) is 3.73. The van der Waals surface area contributed by atoms with Gasteiger partial charge in [0.1, 0.15) is 0 Å². The summed E-state index contributed by atoms with van der Waals surface area (Å²) in [7, 11) is 0. The average molecular weight is 231 g/mol. The third-order valence-corrected chi connectivity index (χ3v) is 4.90. The number of fused-ring (bicyclic) bond motifs is 2. The molecule has 2 nitrogen and oxygen atoms in total. The zero-order valence-electron chi connectivity index (χ0n) is 10.6. The summed E-state index contributed by atoms with van der Waals surface area (Å²) in [6.07, 6.45) is 2.34. The lowest BCUT2D eigenvalue weighted by Crippen LogP contribution is -2.41. The van der Waals surface area contributed by atoms with Crippen molar-refractivity contribution in [2.75, 3.05) is 6.54 Å². The quantitative estimate of drug-likeness (QED) is 0.845. The Kier molecular flexibility index (Phi) is 2.53. The van der Waals surface area contributed by atoms with Crippen molar-refractivity contribution in [3.05, 3.63) is 35.9 Å². The minimum Gasteiger partial charge on any atom is -0.388 e. The largest absolute Gasteiger partial charge is 0.388 e. The molecule has 0 radical (unpaired) electrons. The number of aliphatic hydroxyl groups is 1. The van der Waals surface area contributed by atoms with Crippen LogP contribution in [0, 0.1) is 5.92 Å². The predicted octanol–water partition coefficient (Wildman–Crippen LogP) is 2.59. The topological polar surface area (TPSA) is 23.5 Å². The Morgan fingerprint density at radius 3 is 2.53 bits per heavy atom. The molecular formula is C15H21NO. The molecule has 4 atom stereocenters. The highest BCUT2D eigenvalue weighted by Gasteiger charge is 2.55. The van der Waals surface area contributed by atoms with Crippen LogP contribution in [0.4, 0.5) is 0 Å². The summed E-state index contributed by atoms with van der Waals surface area (Å²) in [5, 5.41) is 10.5. The molecule has 2 aliphatic rings. The molecule has 0 unspecified atom stereocenters. The number of hydrogen-bond donors (Lipinski definition) is 1. The van der Waals surface area contributed by atoms with Crippen LogP contribution in [0.25, 0.3) is 0 Å². The van der Waals surface area contributed by atoms with Gasteiger partial charge in [-0.1, -0.05) is 30.3 Å². The molecule has 2 heteroatoms. The molecule has 0 amide bonds. The van der Waals surface area contributed by atoms with Crippen LogP contribution in [0.15, 0.2) is 30.3 Å². The summed E-state index contributed by atoms with van der Waals surface area (Å²) in [4.78, 5) is 2.49. The van der Waals surface area contributed by atoms with Crippen molar-refractivity contribution >= 4 is 0 Å². The van der Waals surface area contributed by atoms with Crippen molar-refractivity contribution in [2.45, 2.75) is 44.4 Å². The zero-order chi connectivity index (χ0) is 12.0. The Balaban J connectivity index is 1.84. The highest BCUT2D eigenvalue weighted by Crippen LogP contribution is 2.48. The van der Waals surface area contributed by atoms with Crippen LogP contribution in [0.5, 0.6) is 0 Å². The molecule has 1 aromatic carbocycles. The summed E-state index contributed by atoms with van der Waals surface area (Å²) in [5.41, 5.74) is 0.888. The molecule has 0 spiro atoms. The molecule has 1 aliphatic carbocycles. The fourth-order valence-corrected chi connectivity index (χ4v) is 3.73. The number of benzene rings is 1. The van der Waals surface area contributed by atoms with Gasteiger partial charge >= 0.3 is 0 Å². The van der Waals surface area contributed by atoms with Gasteiger partial charge in [0.25, 0.3) is 0 Å². The summed E-state index contributed by atoms with van der Waals surface area (Å²) in [6.45, 7) is 5.33. The van der Waals surface area contributed by atoms with Crippen molar-refractivity contribution in [1.82, 2.24) is 4.90 Å². The van der Waals surface area contributed by atoms with Gasteiger partial charge in [0.2, 0.25) is 0 Å². The van der Waals surface area contributed by atoms with Crippen molar-refractivity contribution in [1.29, 1.82) is 0 Å². The van der Waals surface area contributed by atoms with Gasteiger partial charge < -0.3 is 5.11 Å². The van der Waals surface area contributed by atoms with Crippen molar-refractivity contribution in [3.8, 4) is 0 Å². The third kappa shape index (κ3) is 1.62. The highest BCUT2D eigenvalue weighted by atomic mass is 16.3. The first kappa shape index (κ1) is 11.2. The van der Waals surface area contributed by atoms with Gasteiger partial charge in [-0.2, -0.15) is 0 Å². The molecule has 17 heavy (non-hydrogen) atoms. The molecule has 2 bridgehead atoms. The fraction of sp³-hybridized carbons (Fsp3) is 0.600. The molecule has 92 valence electrons. The van der Waals surface area contributed by atoms with E-state index in [1.165, 1.54) is 12.0 Å². The smallest absolute Gasteiger partial charge is 0.0814 e. The van der Waals surface area contributed by atoms with E-state index in [4.69, 9.17) is 0 Å². The molecule has 3 rings (SSSR count). The molecule has 0 aromatic heterocycles. The number of nitrogens with zero attached hydrogens (tertiary/aromatic N) is 1. The van der Waals surface area contributed by atoms with Gasteiger partial charge in [-0.15, -0.1) is 0 Å². The standard InChI is InChI=1S/C15H21NO/c1-11(12-6-4-3-5-7-12)16-10-13-8-9-14(16)15(13,2)17/h3-7,11,13-14,17H,8-10H2,1-2H3/t11-,13+,14+,15-/m0/s1. The van der Waals surface area contributed by atoms with E-state index in [0.29, 0.717) is 18.0 Å². The van der Waals surface area contributed by atoms with Gasteiger partial charge in [0.05, 0.1) is 5.60 Å². The summed E-state index contributed by atoms with van der Waals surface area (Å²) in [6, 6.07) is 11.4. The SMILES string of the molecule is C[C@@H](c1ccccc1)N1C[C@H]2CC[C@@H]1[C@@]2(C)O. The maximum Gasteiger partial charge on any atom is 0.0814 e. The van der Waals surface area contributed by atoms with Crippen LogP contribution < -0.4 is 0 Å². The van der Waals surface area contributed by atoms with Gasteiger partial charge in [0, 0.05) is 24.5 Å². The lowest BCUT2D eigenvalue weighted by atomic mass is 9.95. The lowest BCUT2D eigenvalue weighted by molar-refractivity contribution is 0.0150. The van der Waals surface area contributed by atoms with Crippen molar-refractivity contribution < 1.29 is 5.11 Å². The van der Waals surface area contributed by atoms with Crippen molar-refractivity contribution in [3.63, 3.8) is 0 Å². The zero-order valence-corrected chi connectivity index (χ0v) is 10.6. The minimum atomic E-state index is -0.469. The minimum absolute atomic E-state index is 0.350. The molecule has 1 N–H and O–H groups in total. The van der Waals surface area contributed by atoms with E-state index in [9.17, 15) is 5.11 Å². The van der Waals surface area contributed by atoms with Crippen LogP contribution in [0.1, 0.15) is 38.3 Å². The van der Waals surface area contributed by atoms with E-state index >= 15 is 0 Å². The lowest BCUT2D eigenvalue weighted by Gasteiger charge is -2.34. The molecule has 1 saturated carbocycles. The summed E-state index contributed by atoms with van der Waals surface area (Å²) >= 11 is 0. The van der Waals surface area contributed by atoms with E-state index in [1.807, 2.05) is 6.92 Å². The monoisotopic (exact) mass is 231 g/mol. The highest BCUT2D eigenvalue weighted by molar-refractivity contribution is 5.21. The summed E-state index contributed by atoms with van der Waals surface area (Å²) < 4.78 is 0. The van der Waals surface area contributed by atoms with Crippen LogP contribution in [0.3, 0.4) is 0 Å². The maximum atomic E-state index is 10.5. The van der Waals surface area contributed by atoms with E-state index in [0.717, 1.165) is 13.0 Å². The maximum absolute atomic E-state index is 10.5. The molecule has 2 fully saturated rings. The third-order valence-electron chi connectivity index (χ3n) is 4.90. The Morgan fingerprint density at radius 2 is 2.00 bits per heavy atom. The molecule has 1 aliphatic heterocycles. The van der Waals surface area contributed by atoms with Gasteiger partial charge in [-0.3, -0.25) is 4.90 Å². The number of piperidine rings is 1. The van der Waals surface area contributed by atoms with E-state index in [-0.39, 0.29) is 0 Å². The first-order valence-electron chi connectivity index (χ1n) is 6.64. The normalized spacial score (nSPS) is 38.5. The number of hydrogen-bond acceptors (Lipinski definition) is 2. The van der Waals surface area contributed by atoms with Gasteiger partial charge in [0.15, 0.2) is 0 Å². The average Bonchev–Trinajstić information content (AvgIpc) is 2.78. The first-order chi connectivity index (χ1) is 8.10. The Bertz CT molecular complexity index is 401. The van der Waals surface area contributed by atoms with Gasteiger partial charge in [-0.25, -0.2) is 0 Å². The second-order valence-electron chi connectivity index (χ2n) is 5.80. The Labute approximate surface area is 103 Å². The van der Waals surface area contributed by atoms with Crippen LogP contribution in [0.2, 0.25) is 0 Å². The van der Waals surface area contributed by atoms with Crippen LogP contribution in [-0.2, 0) is 0 Å². The first-order valence-corrected chi connectivity index (χ1v) is 6.64. The van der Waals surface area contributed by atoms with Crippen LogP contribution >= 0.6 is 0 Å². The predicted molar refractivity (Wildman–Crippen MR) is 68.7 cm³/mol. The Hall–Kier alpha value is -0.860. The molecule has 1 saturated heterocycles. The second-order valence-corrected chi connectivity index (χ2v) is 5.80. The van der Waals surface area contributed by atoms with E-state index in [2.05, 4.69) is 42.2 Å². The Morgan fingerprint density at radius 1 is 1.29 bits per heavy atom. The number of rotatable bonds is 2. The van der Waals surface area contributed by atoms with Gasteiger partial charge in [-0.05, 0) is 32.3 Å². The second kappa shape index (κ2) is 3.82.